The molecule has 0 unspecified atom stereocenters. The molecule has 1 amide bonds. The molecule has 12 nitrogen and oxygen atoms in total. The molecule has 2 bridgehead atoms. The second-order valence-corrected chi connectivity index (χ2v) is 24.3. The van der Waals surface area contributed by atoms with Gasteiger partial charge in [0.05, 0.1) is 29.8 Å². The highest BCUT2D eigenvalue weighted by molar-refractivity contribution is 6.69. The highest BCUT2D eigenvalue weighted by atomic mass is 35.5. The lowest BCUT2D eigenvalue weighted by molar-refractivity contribution is -0.302. The highest BCUT2D eigenvalue weighted by Gasteiger charge is 2.56. The Hall–Kier alpha value is -1.97. The third-order valence-corrected chi connectivity index (χ3v) is 14.8. The summed E-state index contributed by atoms with van der Waals surface area (Å²) in [6, 6.07) is -1.10. The van der Waals surface area contributed by atoms with E-state index in [0.717, 1.165) is 30.4 Å². The van der Waals surface area contributed by atoms with Crippen LogP contribution < -0.4 is 0 Å². The van der Waals surface area contributed by atoms with E-state index < -0.39 is 86.1 Å². The first-order valence-electron chi connectivity index (χ1n) is 22.4. The topological polar surface area (TPSA) is 147 Å². The van der Waals surface area contributed by atoms with Gasteiger partial charge in [0.15, 0.2) is 8.32 Å². The third kappa shape index (κ3) is 12.6. The summed E-state index contributed by atoms with van der Waals surface area (Å²) >= 11 is 6.59. The number of nitrogens with zero attached hydrogens (tertiary/aromatic N) is 1. The number of ketones is 2. The molecule has 2 saturated heterocycles. The van der Waals surface area contributed by atoms with Gasteiger partial charge >= 0.3 is 5.97 Å². The molecule has 1 saturated carbocycles. The Balaban J connectivity index is 1.79. The number of amides is 1. The minimum absolute atomic E-state index is 0.0485. The molecule has 0 aromatic carbocycles. The van der Waals surface area contributed by atoms with Crippen LogP contribution in [-0.4, -0.2) is 123 Å². The molecule has 0 aromatic heterocycles. The molecule has 3 fully saturated rings. The fourth-order valence-electron chi connectivity index (χ4n) is 9.90. The summed E-state index contributed by atoms with van der Waals surface area (Å²) in [5.41, 5.74) is 2.03. The number of hydrogen-bond acceptors (Lipinski definition) is 11. The number of carbonyl (C=O) groups is 4. The standard InChI is InChI=1S/C46H76ClNO11Si/c1-13-33-21-27(2)20-28(3)22-39(55-8)42-40(56-9)24-30(5)46(53,58-42)43(50)44(51)48-19-15-14-16-35(48)45(52)57-37(26-36(33)49)31(6)41(59-60(10,11)12)29(4)23-32-17-18-34(47)38(25-32)54-7/h21,23,28,30-35,37-42,53H,13-20,22,24-26H2,1-12H3/b27-21+,29-23+/t28-,30+,31-,32+,33+,34+,35-,37-,38-,39-,40-,41-,42+,46+/m0/s1. The summed E-state index contributed by atoms with van der Waals surface area (Å²) in [5.74, 6) is -6.76. The van der Waals surface area contributed by atoms with E-state index >= 15 is 0 Å². The maximum absolute atomic E-state index is 14.6. The minimum Gasteiger partial charge on any atom is -0.460 e. The molecule has 4 aliphatic rings. The van der Waals surface area contributed by atoms with Gasteiger partial charge in [-0.25, -0.2) is 4.79 Å². The number of piperidine rings is 1. The SMILES string of the molecule is CC[C@@H]1/C=C(\C)C[C@H](C)C[C@H](OC)[C@H]2O[C@@](O)(C(=O)C(=O)N3CCCC[C@H]3C(=O)O[C@H]([C@H](C)[C@@H](O[Si](C)(C)C)/C(C)=C/[C@H]3CC[C@@H](Cl)[C@@H](OC)C3)CC1=O)[C@H](C)C[C@@H]2OC. The van der Waals surface area contributed by atoms with Crippen molar-refractivity contribution in [3.8, 4) is 0 Å². The lowest BCUT2D eigenvalue weighted by atomic mass is 9.82. The second kappa shape index (κ2) is 22.1. The number of rotatable bonds is 10. The van der Waals surface area contributed by atoms with Gasteiger partial charge in [-0.3, -0.25) is 14.4 Å². The summed E-state index contributed by atoms with van der Waals surface area (Å²) in [5, 5.41) is 12.0. The number of hydrogen-bond donors (Lipinski definition) is 1. The van der Waals surface area contributed by atoms with Gasteiger partial charge in [0.1, 0.15) is 24.0 Å². The number of methoxy groups -OCH3 is 3. The van der Waals surface area contributed by atoms with Crippen molar-refractivity contribution < 1.29 is 52.4 Å². The second-order valence-electron chi connectivity index (χ2n) is 19.3. The molecule has 3 heterocycles. The van der Waals surface area contributed by atoms with Gasteiger partial charge in [-0.2, -0.15) is 0 Å². The summed E-state index contributed by atoms with van der Waals surface area (Å²) in [6.45, 7) is 18.2. The minimum atomic E-state index is -2.48. The molecule has 4 rings (SSSR count). The zero-order valence-corrected chi connectivity index (χ0v) is 40.3. The Morgan fingerprint density at radius 1 is 0.983 bits per heavy atom. The van der Waals surface area contributed by atoms with E-state index in [0.29, 0.717) is 32.1 Å². The average Bonchev–Trinajstić information content (AvgIpc) is 3.20. The Bertz CT molecular complexity index is 1550. The number of halogens is 1. The molecule has 0 aromatic rings. The number of Topliss-reactive ketones (excluding diaryl/α,β-unsaturated/α-hetero) is 2. The predicted octanol–water partition coefficient (Wildman–Crippen LogP) is 7.58. The first kappa shape index (κ1) is 50.7. The van der Waals surface area contributed by atoms with Crippen LogP contribution in [0.15, 0.2) is 23.3 Å². The molecule has 14 heteroatoms. The molecule has 60 heavy (non-hydrogen) atoms. The van der Waals surface area contributed by atoms with Crippen molar-refractivity contribution in [1.82, 2.24) is 4.90 Å². The first-order valence-corrected chi connectivity index (χ1v) is 26.3. The molecule has 342 valence electrons. The Kier molecular flexibility index (Phi) is 18.7. The van der Waals surface area contributed by atoms with Crippen molar-refractivity contribution in [2.24, 2.45) is 29.6 Å². The quantitative estimate of drug-likeness (QED) is 0.0762. The van der Waals surface area contributed by atoms with Crippen LogP contribution in [0.25, 0.3) is 0 Å². The number of fused-ring (bicyclic) bond motifs is 3. The molecular formula is C46H76ClNO11Si. The molecule has 3 aliphatic heterocycles. The van der Waals surface area contributed by atoms with Crippen molar-refractivity contribution in [1.29, 1.82) is 0 Å². The normalized spacial score (nSPS) is 38.1. The lowest BCUT2D eigenvalue weighted by Gasteiger charge is -2.47. The number of allylic oxidation sites excluding steroid dienone is 3. The first-order chi connectivity index (χ1) is 28.2. The number of alkyl halides is 1. The number of carbonyl (C=O) groups excluding carboxylic acids is 4. The van der Waals surface area contributed by atoms with Crippen molar-refractivity contribution >= 4 is 43.4 Å². The Morgan fingerprint density at radius 2 is 1.63 bits per heavy atom. The van der Waals surface area contributed by atoms with Gasteiger partial charge in [0.2, 0.25) is 5.79 Å². The van der Waals surface area contributed by atoms with E-state index in [9.17, 15) is 24.3 Å². The van der Waals surface area contributed by atoms with Gasteiger partial charge in [-0.15, -0.1) is 11.6 Å². The van der Waals surface area contributed by atoms with E-state index in [4.69, 9.17) is 39.7 Å². The van der Waals surface area contributed by atoms with Crippen molar-refractivity contribution in [3.05, 3.63) is 23.3 Å². The number of ether oxygens (including phenoxy) is 5. The van der Waals surface area contributed by atoms with E-state index in [2.05, 4.69) is 32.6 Å². The summed E-state index contributed by atoms with van der Waals surface area (Å²) < 4.78 is 37.2. The molecule has 1 N–H and O–H groups in total. The van der Waals surface area contributed by atoms with Crippen molar-refractivity contribution in [2.45, 2.75) is 186 Å². The van der Waals surface area contributed by atoms with E-state index in [1.54, 1.807) is 28.3 Å². The zero-order valence-electron chi connectivity index (χ0n) is 38.5. The largest absolute Gasteiger partial charge is 0.460 e. The van der Waals surface area contributed by atoms with Gasteiger partial charge in [0.25, 0.3) is 11.7 Å². The molecule has 0 radical (unpaired) electrons. The van der Waals surface area contributed by atoms with Crippen LogP contribution in [0.5, 0.6) is 0 Å². The van der Waals surface area contributed by atoms with Crippen LogP contribution in [0.3, 0.4) is 0 Å². The van der Waals surface area contributed by atoms with Crippen LogP contribution in [0, 0.1) is 29.6 Å². The third-order valence-electron chi connectivity index (χ3n) is 13.3. The molecule has 1 aliphatic carbocycles. The monoisotopic (exact) mass is 881 g/mol. The average molecular weight is 883 g/mol. The van der Waals surface area contributed by atoms with E-state index in [-0.39, 0.29) is 54.9 Å². The van der Waals surface area contributed by atoms with Crippen LogP contribution in [0.2, 0.25) is 19.6 Å². The number of esters is 1. The summed E-state index contributed by atoms with van der Waals surface area (Å²) in [4.78, 5) is 58.9. The van der Waals surface area contributed by atoms with Crippen LogP contribution in [0.4, 0.5) is 0 Å². The molecule has 0 spiro atoms. The fourth-order valence-corrected chi connectivity index (χ4v) is 11.4. The molecular weight excluding hydrogens is 806 g/mol. The summed E-state index contributed by atoms with van der Waals surface area (Å²) in [7, 11) is 2.59. The maximum Gasteiger partial charge on any atom is 0.329 e. The zero-order chi connectivity index (χ0) is 44.7. The van der Waals surface area contributed by atoms with Crippen LogP contribution >= 0.6 is 11.6 Å². The van der Waals surface area contributed by atoms with Gasteiger partial charge in [-0.1, -0.05) is 45.4 Å². The van der Waals surface area contributed by atoms with Gasteiger partial charge in [0, 0.05) is 52.0 Å². The van der Waals surface area contributed by atoms with Crippen molar-refractivity contribution in [3.63, 3.8) is 0 Å². The fraction of sp³-hybridized carbons (Fsp3) is 0.826. The number of aliphatic hydroxyl groups is 1. The maximum atomic E-state index is 14.6. The van der Waals surface area contributed by atoms with Gasteiger partial charge < -0.3 is 38.1 Å². The van der Waals surface area contributed by atoms with E-state index in [1.807, 2.05) is 33.8 Å². The van der Waals surface area contributed by atoms with Crippen LogP contribution in [-0.2, 0) is 47.3 Å². The smallest absolute Gasteiger partial charge is 0.329 e. The van der Waals surface area contributed by atoms with Crippen molar-refractivity contribution in [2.75, 3.05) is 27.9 Å². The Labute approximate surface area is 365 Å². The highest BCUT2D eigenvalue weighted by Crippen LogP contribution is 2.40. The lowest BCUT2D eigenvalue weighted by Crippen LogP contribution is -2.64. The Morgan fingerprint density at radius 3 is 2.25 bits per heavy atom. The van der Waals surface area contributed by atoms with Gasteiger partial charge in [-0.05, 0) is 115 Å². The molecule has 14 atom stereocenters. The van der Waals surface area contributed by atoms with E-state index in [1.165, 1.54) is 4.90 Å². The van der Waals surface area contributed by atoms with Crippen LogP contribution in [0.1, 0.15) is 112 Å². The number of cyclic esters (lactones) is 1. The summed E-state index contributed by atoms with van der Waals surface area (Å²) in [6.07, 6.45) is 6.74. The predicted molar refractivity (Wildman–Crippen MR) is 234 cm³/mol.